The van der Waals surface area contributed by atoms with E-state index in [1.807, 2.05) is 30.3 Å². The average molecular weight is 517 g/mol. The van der Waals surface area contributed by atoms with E-state index in [4.69, 9.17) is 4.74 Å². The maximum atomic E-state index is 13.8. The van der Waals surface area contributed by atoms with Crippen LogP contribution in [0.2, 0.25) is 0 Å². The number of fused-ring (bicyclic) bond motifs is 1. The SMILES string of the molecule is C[C@H](CO)N1C(=O)[C@@H]2[C@@H](C(=O)NCc3ccccc3)[C@H]3CCC2(S3)C1C(=O)NCCN1CCOCC1. The summed E-state index contributed by atoms with van der Waals surface area (Å²) in [7, 11) is 0. The van der Waals surface area contributed by atoms with E-state index in [0.717, 1.165) is 38.0 Å². The summed E-state index contributed by atoms with van der Waals surface area (Å²) in [5.74, 6) is -1.51. The minimum atomic E-state index is -0.691. The van der Waals surface area contributed by atoms with Gasteiger partial charge in [0, 0.05) is 38.0 Å². The number of rotatable bonds is 9. The van der Waals surface area contributed by atoms with Gasteiger partial charge in [-0.15, -0.1) is 11.8 Å². The zero-order valence-corrected chi connectivity index (χ0v) is 21.5. The quantitative estimate of drug-likeness (QED) is 0.431. The molecule has 4 aliphatic heterocycles. The van der Waals surface area contributed by atoms with Crippen LogP contribution in [0.15, 0.2) is 30.3 Å². The van der Waals surface area contributed by atoms with Gasteiger partial charge in [-0.05, 0) is 25.3 Å². The summed E-state index contributed by atoms with van der Waals surface area (Å²) in [6.07, 6.45) is 1.52. The second kappa shape index (κ2) is 10.7. The van der Waals surface area contributed by atoms with Crippen molar-refractivity contribution < 1.29 is 24.2 Å². The van der Waals surface area contributed by atoms with Crippen molar-refractivity contribution in [1.29, 1.82) is 0 Å². The second-order valence-electron chi connectivity index (χ2n) is 10.3. The Labute approximate surface area is 216 Å². The lowest BCUT2D eigenvalue weighted by atomic mass is 9.70. The van der Waals surface area contributed by atoms with Crippen LogP contribution in [0.1, 0.15) is 25.3 Å². The largest absolute Gasteiger partial charge is 0.394 e. The molecule has 5 rings (SSSR count). The molecule has 0 aliphatic carbocycles. The summed E-state index contributed by atoms with van der Waals surface area (Å²) in [5.41, 5.74) is 1.00. The van der Waals surface area contributed by atoms with Gasteiger partial charge in [0.1, 0.15) is 6.04 Å². The number of hydrogen-bond donors (Lipinski definition) is 3. The van der Waals surface area contributed by atoms with Gasteiger partial charge in [-0.3, -0.25) is 19.3 Å². The van der Waals surface area contributed by atoms with Crippen LogP contribution in [0.25, 0.3) is 0 Å². The number of nitrogens with one attached hydrogen (secondary N) is 2. The highest BCUT2D eigenvalue weighted by Crippen LogP contribution is 2.66. The Morgan fingerprint density at radius 1 is 1.19 bits per heavy atom. The molecular weight excluding hydrogens is 480 g/mol. The molecular formula is C26H36N4O5S. The number of morpholine rings is 1. The van der Waals surface area contributed by atoms with Gasteiger partial charge in [0.15, 0.2) is 0 Å². The van der Waals surface area contributed by atoms with Crippen LogP contribution in [0.4, 0.5) is 0 Å². The number of likely N-dealkylation sites (tertiary alicyclic amines) is 1. The van der Waals surface area contributed by atoms with E-state index >= 15 is 0 Å². The lowest BCUT2D eigenvalue weighted by Gasteiger charge is -2.36. The molecule has 1 spiro atoms. The molecule has 2 bridgehead atoms. The van der Waals surface area contributed by atoms with E-state index in [1.165, 1.54) is 0 Å². The van der Waals surface area contributed by atoms with Gasteiger partial charge in [-0.2, -0.15) is 0 Å². The van der Waals surface area contributed by atoms with Gasteiger partial charge in [0.05, 0.1) is 42.4 Å². The molecule has 9 nitrogen and oxygen atoms in total. The first kappa shape index (κ1) is 25.5. The molecule has 10 heteroatoms. The van der Waals surface area contributed by atoms with E-state index in [-0.39, 0.29) is 29.6 Å². The molecule has 0 aromatic heterocycles. The third-order valence-corrected chi connectivity index (χ3v) is 10.1. The number of thioether (sulfide) groups is 1. The predicted octanol–water partition coefficient (Wildman–Crippen LogP) is 0.223. The smallest absolute Gasteiger partial charge is 0.244 e. The van der Waals surface area contributed by atoms with Crippen molar-refractivity contribution in [2.45, 2.75) is 48.4 Å². The van der Waals surface area contributed by atoms with Crippen molar-refractivity contribution in [3.05, 3.63) is 35.9 Å². The number of hydrogen-bond acceptors (Lipinski definition) is 7. The van der Waals surface area contributed by atoms with Gasteiger partial charge in [-0.1, -0.05) is 30.3 Å². The highest BCUT2D eigenvalue weighted by atomic mass is 32.2. The number of aliphatic hydroxyl groups is 1. The minimum absolute atomic E-state index is 0.0185. The molecule has 3 N–H and O–H groups in total. The molecule has 1 aromatic rings. The Morgan fingerprint density at radius 3 is 2.67 bits per heavy atom. The van der Waals surface area contributed by atoms with Crippen molar-refractivity contribution in [2.24, 2.45) is 11.8 Å². The topological polar surface area (TPSA) is 111 Å². The highest BCUT2D eigenvalue weighted by molar-refractivity contribution is 8.02. The summed E-state index contributed by atoms with van der Waals surface area (Å²) in [5, 5.41) is 16.1. The zero-order valence-electron chi connectivity index (χ0n) is 20.7. The predicted molar refractivity (Wildman–Crippen MR) is 136 cm³/mol. The Balaban J connectivity index is 1.32. The van der Waals surface area contributed by atoms with Crippen LogP contribution >= 0.6 is 11.8 Å². The molecule has 4 fully saturated rings. The summed E-state index contributed by atoms with van der Waals surface area (Å²) in [6.45, 7) is 6.24. The standard InChI is InChI=1S/C26H36N4O5S/c1-17(16-31)30-22(24(33)27-9-10-29-11-13-35-14-12-29)26-8-7-19(36-26)20(21(26)25(30)34)23(32)28-15-18-5-3-2-4-6-18/h2-6,17,19-22,31H,7-16H2,1H3,(H,27,33)(H,28,32)/t17-,19-,20+,21+,22?,26?/m1/s1. The number of carbonyl (C=O) groups is 3. The molecule has 2 unspecified atom stereocenters. The van der Waals surface area contributed by atoms with Gasteiger partial charge >= 0.3 is 0 Å². The first-order valence-electron chi connectivity index (χ1n) is 13.0. The Bertz CT molecular complexity index is 974. The molecule has 0 saturated carbocycles. The lowest BCUT2D eigenvalue weighted by molar-refractivity contribution is -0.142. The van der Waals surface area contributed by atoms with E-state index in [9.17, 15) is 19.5 Å². The van der Waals surface area contributed by atoms with Crippen LogP contribution in [0.3, 0.4) is 0 Å². The number of carbonyl (C=O) groups excluding carboxylic acids is 3. The summed E-state index contributed by atoms with van der Waals surface area (Å²) in [4.78, 5) is 44.7. The van der Waals surface area contributed by atoms with E-state index in [0.29, 0.717) is 26.3 Å². The fourth-order valence-corrected chi connectivity index (χ4v) is 8.62. The molecule has 36 heavy (non-hydrogen) atoms. The third-order valence-electron chi connectivity index (χ3n) is 8.17. The van der Waals surface area contributed by atoms with Crippen LogP contribution in [-0.4, -0.2) is 101 Å². The first-order chi connectivity index (χ1) is 17.5. The number of ether oxygens (including phenoxy) is 1. The van der Waals surface area contributed by atoms with Crippen LogP contribution in [0.5, 0.6) is 0 Å². The maximum Gasteiger partial charge on any atom is 0.244 e. The van der Waals surface area contributed by atoms with Crippen LogP contribution in [0, 0.1) is 11.8 Å². The van der Waals surface area contributed by atoms with Crippen molar-refractivity contribution in [3.63, 3.8) is 0 Å². The van der Waals surface area contributed by atoms with Gasteiger partial charge in [0.2, 0.25) is 17.7 Å². The fraction of sp³-hybridized carbons (Fsp3) is 0.654. The number of aliphatic hydroxyl groups excluding tert-OH is 1. The maximum absolute atomic E-state index is 13.8. The molecule has 0 radical (unpaired) electrons. The summed E-state index contributed by atoms with van der Waals surface area (Å²) in [6, 6.07) is 8.52. The lowest BCUT2D eigenvalue weighted by Crippen LogP contribution is -2.56. The summed E-state index contributed by atoms with van der Waals surface area (Å²) < 4.78 is 4.76. The van der Waals surface area contributed by atoms with Crippen molar-refractivity contribution in [2.75, 3.05) is 46.0 Å². The normalized spacial score (nSPS) is 32.4. The molecule has 4 heterocycles. The molecule has 4 aliphatic rings. The molecule has 3 amide bonds. The number of amides is 3. The van der Waals surface area contributed by atoms with Crippen LogP contribution < -0.4 is 10.6 Å². The van der Waals surface area contributed by atoms with Crippen molar-refractivity contribution in [3.8, 4) is 0 Å². The van der Waals surface area contributed by atoms with Crippen molar-refractivity contribution >= 4 is 29.5 Å². The minimum Gasteiger partial charge on any atom is -0.394 e. The Hall–Kier alpha value is -2.14. The molecule has 1 aromatic carbocycles. The number of benzene rings is 1. The van der Waals surface area contributed by atoms with E-state index < -0.39 is 28.7 Å². The molecule has 196 valence electrons. The van der Waals surface area contributed by atoms with E-state index in [2.05, 4.69) is 15.5 Å². The molecule has 6 atom stereocenters. The highest BCUT2D eigenvalue weighted by Gasteiger charge is 2.73. The summed E-state index contributed by atoms with van der Waals surface area (Å²) >= 11 is 1.65. The number of nitrogens with zero attached hydrogens (tertiary/aromatic N) is 2. The first-order valence-corrected chi connectivity index (χ1v) is 13.8. The molecule has 4 saturated heterocycles. The zero-order chi connectivity index (χ0) is 25.3. The van der Waals surface area contributed by atoms with Crippen LogP contribution in [-0.2, 0) is 25.7 Å². The second-order valence-corrected chi connectivity index (χ2v) is 11.9. The van der Waals surface area contributed by atoms with Gasteiger partial charge < -0.3 is 25.4 Å². The van der Waals surface area contributed by atoms with Crippen molar-refractivity contribution in [1.82, 2.24) is 20.4 Å². The van der Waals surface area contributed by atoms with Gasteiger partial charge in [-0.25, -0.2) is 0 Å². The fourth-order valence-electron chi connectivity index (χ4n) is 6.41. The van der Waals surface area contributed by atoms with E-state index in [1.54, 1.807) is 23.6 Å². The Kier molecular flexibility index (Phi) is 7.57. The third kappa shape index (κ3) is 4.53. The monoisotopic (exact) mass is 516 g/mol. The average Bonchev–Trinajstić information content (AvgIpc) is 3.55. The Morgan fingerprint density at radius 2 is 1.94 bits per heavy atom. The van der Waals surface area contributed by atoms with Gasteiger partial charge in [0.25, 0.3) is 0 Å².